The van der Waals surface area contributed by atoms with Gasteiger partial charge in [0, 0.05) is 43.2 Å². The molecule has 1 saturated carbocycles. The second-order valence-electron chi connectivity index (χ2n) is 13.6. The van der Waals surface area contributed by atoms with E-state index < -0.39 is 15.8 Å². The van der Waals surface area contributed by atoms with Gasteiger partial charge in [-0.2, -0.15) is 0 Å². The standard InChI is InChI=1S/C32H47FN6O4S/c1-22(2)39(23(3)4)31(40)27-16-25(33)8-11-28(27)43-29-17-34-21-35-30(29)38-19-32(20-38)12-14-37(15-13-32)18-24-6-9-26(10-7-24)36-44(5,41)42/h8,11,16-17,21-24,26,36H,6-7,9-10,12-15,18-20H2,1-5H3. The highest BCUT2D eigenvalue weighted by atomic mass is 32.2. The summed E-state index contributed by atoms with van der Waals surface area (Å²) in [6.07, 6.45) is 10.5. The quantitative estimate of drug-likeness (QED) is 0.404. The molecule has 2 aliphatic heterocycles. The zero-order chi connectivity index (χ0) is 31.6. The van der Waals surface area contributed by atoms with Crippen molar-refractivity contribution in [3.63, 3.8) is 0 Å². The number of hydrogen-bond donors (Lipinski definition) is 1. The number of likely N-dealkylation sites (tertiary alicyclic amines) is 1. The molecule has 242 valence electrons. The van der Waals surface area contributed by atoms with E-state index in [4.69, 9.17) is 4.74 Å². The molecule has 0 atom stereocenters. The first kappa shape index (κ1) is 32.6. The molecule has 1 aromatic heterocycles. The second kappa shape index (κ2) is 13.3. The van der Waals surface area contributed by atoms with Crippen LogP contribution in [0.25, 0.3) is 0 Å². The van der Waals surface area contributed by atoms with E-state index in [0.717, 1.165) is 71.2 Å². The van der Waals surface area contributed by atoms with Crippen molar-refractivity contribution >= 4 is 21.7 Å². The predicted octanol–water partition coefficient (Wildman–Crippen LogP) is 4.68. The summed E-state index contributed by atoms with van der Waals surface area (Å²) in [6, 6.07) is 4.00. The van der Waals surface area contributed by atoms with Gasteiger partial charge in [0.1, 0.15) is 17.9 Å². The number of anilines is 1. The number of aromatic nitrogens is 2. The maximum Gasteiger partial charge on any atom is 0.258 e. The van der Waals surface area contributed by atoms with Crippen LogP contribution >= 0.6 is 0 Å². The summed E-state index contributed by atoms with van der Waals surface area (Å²) < 4.78 is 46.5. The molecule has 1 amide bonds. The molecule has 2 saturated heterocycles. The Kier molecular flexibility index (Phi) is 9.81. The molecule has 1 aliphatic carbocycles. The number of nitrogens with one attached hydrogen (secondary N) is 1. The third kappa shape index (κ3) is 7.69. The molecule has 10 nitrogen and oxygen atoms in total. The highest BCUT2D eigenvalue weighted by Gasteiger charge is 2.46. The van der Waals surface area contributed by atoms with Crippen molar-refractivity contribution in [3.8, 4) is 11.5 Å². The number of nitrogens with zero attached hydrogens (tertiary/aromatic N) is 5. The number of sulfonamides is 1. The lowest BCUT2D eigenvalue weighted by molar-refractivity contribution is 0.0618. The van der Waals surface area contributed by atoms with Crippen LogP contribution in [0.5, 0.6) is 11.5 Å². The lowest BCUT2D eigenvalue weighted by Crippen LogP contribution is -2.61. The first-order valence-corrected chi connectivity index (χ1v) is 17.8. The zero-order valence-corrected chi connectivity index (χ0v) is 27.4. The Balaban J connectivity index is 1.18. The Labute approximate surface area is 261 Å². The number of benzene rings is 1. The second-order valence-corrected chi connectivity index (χ2v) is 15.4. The van der Waals surface area contributed by atoms with E-state index in [2.05, 4.69) is 24.5 Å². The molecule has 0 unspecified atom stereocenters. The molecule has 1 N–H and O–H groups in total. The topological polar surface area (TPSA) is 108 Å². The van der Waals surface area contributed by atoms with Gasteiger partial charge in [-0.1, -0.05) is 0 Å². The highest BCUT2D eigenvalue weighted by molar-refractivity contribution is 7.88. The number of carbonyl (C=O) groups is 1. The van der Waals surface area contributed by atoms with Gasteiger partial charge in [-0.25, -0.2) is 27.5 Å². The Hall–Kier alpha value is -2.83. The fraction of sp³-hybridized carbons (Fsp3) is 0.656. The number of piperidine rings is 1. The third-order valence-electron chi connectivity index (χ3n) is 9.41. The van der Waals surface area contributed by atoms with E-state index in [9.17, 15) is 17.6 Å². The fourth-order valence-corrected chi connectivity index (χ4v) is 8.11. The largest absolute Gasteiger partial charge is 0.451 e. The van der Waals surface area contributed by atoms with Crippen molar-refractivity contribution in [1.29, 1.82) is 0 Å². The Bertz CT molecular complexity index is 1410. The number of amides is 1. The molecular formula is C32H47FN6O4S. The van der Waals surface area contributed by atoms with Crippen molar-refractivity contribution in [3.05, 3.63) is 42.1 Å². The van der Waals surface area contributed by atoms with Gasteiger partial charge in [0.05, 0.1) is 18.0 Å². The SMILES string of the molecule is CC(C)N(C(=O)c1cc(F)ccc1Oc1cncnc1N1CC2(CCN(CC3CCC(NS(C)(=O)=O)CC3)CC2)C1)C(C)C. The molecule has 12 heteroatoms. The fourth-order valence-electron chi connectivity index (χ4n) is 7.27. The number of hydrogen-bond acceptors (Lipinski definition) is 8. The smallest absolute Gasteiger partial charge is 0.258 e. The Morgan fingerprint density at radius 2 is 1.75 bits per heavy atom. The lowest BCUT2D eigenvalue weighted by atomic mass is 9.71. The molecule has 44 heavy (non-hydrogen) atoms. The summed E-state index contributed by atoms with van der Waals surface area (Å²) in [5.41, 5.74) is 0.414. The Morgan fingerprint density at radius 3 is 2.36 bits per heavy atom. The highest BCUT2D eigenvalue weighted by Crippen LogP contribution is 2.45. The number of ether oxygens (including phenoxy) is 1. The molecule has 1 aromatic carbocycles. The van der Waals surface area contributed by atoms with E-state index in [-0.39, 0.29) is 40.8 Å². The molecule has 1 spiro atoms. The van der Waals surface area contributed by atoms with E-state index in [0.29, 0.717) is 17.5 Å². The molecule has 0 bridgehead atoms. The minimum atomic E-state index is -3.15. The molecule has 0 radical (unpaired) electrons. The maximum atomic E-state index is 14.3. The molecule has 5 rings (SSSR count). The van der Waals surface area contributed by atoms with Crippen molar-refractivity contribution in [1.82, 2.24) is 24.5 Å². The van der Waals surface area contributed by atoms with E-state index in [1.165, 1.54) is 30.8 Å². The zero-order valence-electron chi connectivity index (χ0n) is 26.6. The van der Waals surface area contributed by atoms with Crippen LogP contribution in [-0.2, 0) is 10.0 Å². The van der Waals surface area contributed by atoms with Crippen molar-refractivity contribution < 1.29 is 22.3 Å². The van der Waals surface area contributed by atoms with Crippen LogP contribution in [0.4, 0.5) is 10.2 Å². The maximum absolute atomic E-state index is 14.3. The Morgan fingerprint density at radius 1 is 1.09 bits per heavy atom. The van der Waals surface area contributed by atoms with Gasteiger partial charge in [-0.3, -0.25) is 4.79 Å². The summed E-state index contributed by atoms with van der Waals surface area (Å²) in [4.78, 5) is 28.7. The summed E-state index contributed by atoms with van der Waals surface area (Å²) in [5, 5.41) is 0. The molecular weight excluding hydrogens is 583 g/mol. The average molecular weight is 631 g/mol. The molecule has 3 heterocycles. The third-order valence-corrected chi connectivity index (χ3v) is 10.2. The van der Waals surface area contributed by atoms with Crippen LogP contribution in [0, 0.1) is 17.2 Å². The lowest BCUT2D eigenvalue weighted by Gasteiger charge is -2.54. The van der Waals surface area contributed by atoms with Crippen LogP contribution in [-0.4, -0.2) is 91.2 Å². The predicted molar refractivity (Wildman–Crippen MR) is 169 cm³/mol. The summed E-state index contributed by atoms with van der Waals surface area (Å²) in [6.45, 7) is 12.7. The molecule has 2 aromatic rings. The van der Waals surface area contributed by atoms with Crippen molar-refractivity contribution in [2.24, 2.45) is 11.3 Å². The van der Waals surface area contributed by atoms with E-state index in [1.54, 1.807) is 11.1 Å². The monoisotopic (exact) mass is 630 g/mol. The van der Waals surface area contributed by atoms with Crippen LogP contribution in [0.3, 0.4) is 0 Å². The van der Waals surface area contributed by atoms with Crippen LogP contribution in [0.1, 0.15) is 76.6 Å². The van der Waals surface area contributed by atoms with Crippen LogP contribution < -0.4 is 14.4 Å². The first-order chi connectivity index (χ1) is 20.8. The molecule has 3 aliphatic rings. The summed E-state index contributed by atoms with van der Waals surface area (Å²) >= 11 is 0. The van der Waals surface area contributed by atoms with Gasteiger partial charge in [0.15, 0.2) is 11.6 Å². The van der Waals surface area contributed by atoms with E-state index >= 15 is 0 Å². The van der Waals surface area contributed by atoms with Crippen LogP contribution in [0.2, 0.25) is 0 Å². The summed E-state index contributed by atoms with van der Waals surface area (Å²) in [7, 11) is -3.15. The van der Waals surface area contributed by atoms with Gasteiger partial charge in [0.2, 0.25) is 10.0 Å². The van der Waals surface area contributed by atoms with Gasteiger partial charge < -0.3 is 19.4 Å². The van der Waals surface area contributed by atoms with Gasteiger partial charge in [-0.15, -0.1) is 0 Å². The van der Waals surface area contributed by atoms with E-state index in [1.807, 2.05) is 27.7 Å². The van der Waals surface area contributed by atoms with Crippen molar-refractivity contribution in [2.75, 3.05) is 43.9 Å². The average Bonchev–Trinajstić information content (AvgIpc) is 2.93. The van der Waals surface area contributed by atoms with Gasteiger partial charge in [-0.05, 0) is 103 Å². The van der Waals surface area contributed by atoms with Crippen LogP contribution in [0.15, 0.2) is 30.7 Å². The van der Waals surface area contributed by atoms with Crippen molar-refractivity contribution in [2.45, 2.75) is 84.3 Å². The molecule has 3 fully saturated rings. The van der Waals surface area contributed by atoms with Gasteiger partial charge in [0.25, 0.3) is 5.91 Å². The number of carbonyl (C=O) groups excluding carboxylic acids is 1. The normalized spacial score (nSPS) is 22.3. The minimum Gasteiger partial charge on any atom is -0.451 e. The minimum absolute atomic E-state index is 0.0582. The first-order valence-electron chi connectivity index (χ1n) is 15.9. The van der Waals surface area contributed by atoms with Gasteiger partial charge >= 0.3 is 0 Å². The number of halogens is 1. The number of rotatable bonds is 10. The summed E-state index contributed by atoms with van der Waals surface area (Å²) in [5.74, 6) is 1.25.